The van der Waals surface area contributed by atoms with Crippen molar-refractivity contribution in [3.8, 4) is 22.7 Å². The molecule has 11 nitrogen and oxygen atoms in total. The number of benzene rings is 2. The Morgan fingerprint density at radius 2 is 1.95 bits per heavy atom. The minimum Gasteiger partial charge on any atom is -0.477 e. The van der Waals surface area contributed by atoms with Gasteiger partial charge in [-0.25, -0.2) is 9.89 Å². The summed E-state index contributed by atoms with van der Waals surface area (Å²) in [6, 6.07) is 13.4. The SMILES string of the molecule is CCC1(COC(=O)C(C)C)NC(C)=C(C(=O)O)N1Cc1ccc2oc(-c3ccccc3-c3nnn[nH]3)c(Br)c2c1. The van der Waals surface area contributed by atoms with Crippen LogP contribution in [-0.2, 0) is 20.9 Å². The first-order valence-electron chi connectivity index (χ1n) is 12.9. The second kappa shape index (κ2) is 10.8. The summed E-state index contributed by atoms with van der Waals surface area (Å²) in [5, 5.41) is 28.4. The smallest absolute Gasteiger partial charge is 0.354 e. The number of halogens is 1. The molecule has 0 spiro atoms. The van der Waals surface area contributed by atoms with E-state index in [0.717, 1.165) is 26.5 Å². The average Bonchev–Trinajstić information content (AvgIpc) is 3.65. The van der Waals surface area contributed by atoms with E-state index in [0.29, 0.717) is 29.3 Å². The molecule has 0 amide bonds. The number of furan rings is 1. The first-order valence-corrected chi connectivity index (χ1v) is 13.7. The third-order valence-electron chi connectivity index (χ3n) is 7.08. The van der Waals surface area contributed by atoms with Crippen LogP contribution < -0.4 is 5.32 Å². The molecule has 1 atom stereocenters. The maximum atomic E-state index is 12.3. The van der Waals surface area contributed by atoms with Crippen LogP contribution in [0.2, 0.25) is 0 Å². The molecule has 3 N–H and O–H groups in total. The Bertz CT molecular complexity index is 1610. The summed E-state index contributed by atoms with van der Waals surface area (Å²) < 4.78 is 12.6. The normalized spacial score (nSPS) is 17.1. The highest BCUT2D eigenvalue weighted by molar-refractivity contribution is 9.10. The van der Waals surface area contributed by atoms with Gasteiger partial charge in [0.15, 0.2) is 5.82 Å². The number of aliphatic carboxylic acids is 1. The standard InChI is InChI=1S/C28H29BrN6O5/c1-5-28(14-39-27(38)15(2)3)30-16(4)23(26(36)37)35(28)13-17-10-11-21-20(12-17)22(29)24(40-21)18-8-6-7-9-19(18)25-31-33-34-32-25/h6-12,15,30H,5,13-14H2,1-4H3,(H,36,37)(H,31,32,33,34). The molecule has 5 rings (SSSR count). The lowest BCUT2D eigenvalue weighted by Crippen LogP contribution is -2.56. The number of aromatic nitrogens is 4. The maximum absolute atomic E-state index is 12.3. The average molecular weight is 609 g/mol. The zero-order valence-electron chi connectivity index (χ0n) is 22.5. The molecule has 0 radical (unpaired) electrons. The number of rotatable bonds is 9. The Kier molecular flexibility index (Phi) is 7.37. The van der Waals surface area contributed by atoms with Crippen LogP contribution in [-0.4, -0.2) is 54.8 Å². The number of H-pyrrole nitrogens is 1. The third-order valence-corrected chi connectivity index (χ3v) is 7.87. The number of aromatic amines is 1. The predicted octanol–water partition coefficient (Wildman–Crippen LogP) is 5.07. The Morgan fingerprint density at radius 1 is 1.20 bits per heavy atom. The van der Waals surface area contributed by atoms with E-state index in [9.17, 15) is 14.7 Å². The quantitative estimate of drug-likeness (QED) is 0.220. The highest BCUT2D eigenvalue weighted by Crippen LogP contribution is 2.42. The number of carbonyl (C=O) groups is 2. The first kappa shape index (κ1) is 27.4. The first-order chi connectivity index (χ1) is 19.1. The van der Waals surface area contributed by atoms with Gasteiger partial charge in [-0.1, -0.05) is 51.1 Å². The van der Waals surface area contributed by atoms with Gasteiger partial charge in [0.2, 0.25) is 0 Å². The summed E-state index contributed by atoms with van der Waals surface area (Å²) >= 11 is 3.73. The molecule has 40 heavy (non-hydrogen) atoms. The Balaban J connectivity index is 1.52. The van der Waals surface area contributed by atoms with Crippen LogP contribution >= 0.6 is 15.9 Å². The van der Waals surface area contributed by atoms with Crippen molar-refractivity contribution in [1.29, 1.82) is 0 Å². The lowest BCUT2D eigenvalue weighted by atomic mass is 10.0. The van der Waals surface area contributed by atoms with Crippen LogP contribution in [0.1, 0.15) is 39.7 Å². The van der Waals surface area contributed by atoms with Crippen LogP contribution in [0.15, 0.2) is 62.7 Å². The van der Waals surface area contributed by atoms with Crippen molar-refractivity contribution >= 4 is 38.8 Å². The van der Waals surface area contributed by atoms with E-state index in [1.165, 1.54) is 0 Å². The lowest BCUT2D eigenvalue weighted by molar-refractivity contribution is -0.152. The molecule has 1 unspecified atom stereocenters. The Morgan fingerprint density at radius 3 is 2.60 bits per heavy atom. The van der Waals surface area contributed by atoms with E-state index in [-0.39, 0.29) is 30.7 Å². The molecule has 2 aromatic carbocycles. The van der Waals surface area contributed by atoms with Crippen molar-refractivity contribution in [2.45, 2.75) is 46.3 Å². The molecule has 4 aromatic rings. The zero-order valence-corrected chi connectivity index (χ0v) is 24.1. The van der Waals surface area contributed by atoms with Crippen molar-refractivity contribution in [1.82, 2.24) is 30.8 Å². The molecule has 1 aliphatic heterocycles. The molecular formula is C28H29BrN6O5. The summed E-state index contributed by atoms with van der Waals surface area (Å²) in [6.07, 6.45) is 0.502. The van der Waals surface area contributed by atoms with E-state index in [1.54, 1.807) is 25.7 Å². The number of carboxylic acid groups (broad SMARTS) is 1. The van der Waals surface area contributed by atoms with Gasteiger partial charge in [0.1, 0.15) is 29.3 Å². The van der Waals surface area contributed by atoms with Crippen molar-refractivity contribution < 1.29 is 23.8 Å². The summed E-state index contributed by atoms with van der Waals surface area (Å²) in [5.41, 5.74) is 2.86. The van der Waals surface area contributed by atoms with E-state index >= 15 is 0 Å². The van der Waals surface area contributed by atoms with E-state index in [4.69, 9.17) is 9.15 Å². The summed E-state index contributed by atoms with van der Waals surface area (Å²) in [7, 11) is 0. The van der Waals surface area contributed by atoms with Gasteiger partial charge in [-0.15, -0.1) is 5.10 Å². The van der Waals surface area contributed by atoms with Gasteiger partial charge < -0.3 is 24.5 Å². The fraction of sp³-hybridized carbons (Fsp3) is 0.321. The van der Waals surface area contributed by atoms with Crippen LogP contribution in [0.5, 0.6) is 0 Å². The number of hydrogen-bond donors (Lipinski definition) is 3. The third kappa shape index (κ3) is 4.83. The number of carbonyl (C=O) groups excluding carboxylic acids is 1. The lowest BCUT2D eigenvalue weighted by Gasteiger charge is -2.40. The van der Waals surface area contributed by atoms with Crippen LogP contribution in [0.4, 0.5) is 0 Å². The molecule has 208 valence electrons. The molecule has 0 fully saturated rings. The number of tetrazole rings is 1. The number of esters is 1. The molecule has 12 heteroatoms. The highest BCUT2D eigenvalue weighted by atomic mass is 79.9. The number of nitrogens with one attached hydrogen (secondary N) is 2. The molecule has 0 bridgehead atoms. The number of ether oxygens (including phenoxy) is 1. The largest absolute Gasteiger partial charge is 0.477 e. The second-order valence-electron chi connectivity index (χ2n) is 10.0. The molecule has 2 aromatic heterocycles. The monoisotopic (exact) mass is 608 g/mol. The number of allylic oxidation sites excluding steroid dienone is 1. The van der Waals surface area contributed by atoms with E-state index < -0.39 is 11.6 Å². The molecule has 3 heterocycles. The molecule has 1 aliphatic rings. The summed E-state index contributed by atoms with van der Waals surface area (Å²) in [5.74, 6) is -0.553. The van der Waals surface area contributed by atoms with Gasteiger partial charge >= 0.3 is 11.9 Å². The van der Waals surface area contributed by atoms with Crippen LogP contribution in [0.25, 0.3) is 33.7 Å². The molecule has 0 saturated heterocycles. The van der Waals surface area contributed by atoms with Crippen molar-refractivity contribution in [2.75, 3.05) is 6.61 Å². The number of nitrogens with zero attached hydrogens (tertiary/aromatic N) is 4. The van der Waals surface area contributed by atoms with E-state index in [1.807, 2.05) is 49.4 Å². The molecular weight excluding hydrogens is 580 g/mol. The van der Waals surface area contributed by atoms with Gasteiger partial charge in [-0.2, -0.15) is 0 Å². The highest BCUT2D eigenvalue weighted by Gasteiger charge is 2.46. The van der Waals surface area contributed by atoms with Crippen molar-refractivity contribution in [3.05, 3.63) is 63.9 Å². The number of fused-ring (bicyclic) bond motifs is 1. The second-order valence-corrected chi connectivity index (χ2v) is 10.8. The van der Waals surface area contributed by atoms with E-state index in [2.05, 4.69) is 41.9 Å². The number of hydrogen-bond acceptors (Lipinski definition) is 9. The fourth-order valence-corrected chi connectivity index (χ4v) is 5.59. The van der Waals surface area contributed by atoms with Gasteiger partial charge in [0.05, 0.1) is 10.4 Å². The van der Waals surface area contributed by atoms with Crippen molar-refractivity contribution in [2.24, 2.45) is 5.92 Å². The number of carboxylic acids is 1. The predicted molar refractivity (Wildman–Crippen MR) is 150 cm³/mol. The topological polar surface area (TPSA) is 146 Å². The van der Waals surface area contributed by atoms with Gasteiger partial charge in [-0.05, 0) is 57.4 Å². The summed E-state index contributed by atoms with van der Waals surface area (Å²) in [6.45, 7) is 7.46. The minimum absolute atomic E-state index is 0.00368. The van der Waals surface area contributed by atoms with Crippen molar-refractivity contribution in [3.63, 3.8) is 0 Å². The van der Waals surface area contributed by atoms with Gasteiger partial charge in [0.25, 0.3) is 0 Å². The minimum atomic E-state index is -1.05. The maximum Gasteiger partial charge on any atom is 0.354 e. The summed E-state index contributed by atoms with van der Waals surface area (Å²) in [4.78, 5) is 26.4. The zero-order chi connectivity index (χ0) is 28.6. The molecule has 0 aliphatic carbocycles. The molecule has 0 saturated carbocycles. The Hall–Kier alpha value is -4.19. The van der Waals surface area contributed by atoms with Gasteiger partial charge in [-0.3, -0.25) is 4.79 Å². The fourth-order valence-electron chi connectivity index (χ4n) is 4.98. The van der Waals surface area contributed by atoms with Crippen LogP contribution in [0, 0.1) is 5.92 Å². The Labute approximate surface area is 238 Å². The van der Waals surface area contributed by atoms with Crippen LogP contribution in [0.3, 0.4) is 0 Å². The van der Waals surface area contributed by atoms with Gasteiger partial charge in [0, 0.05) is 28.8 Å².